The average molecular weight is 308 g/mol. The predicted molar refractivity (Wildman–Crippen MR) is 83.3 cm³/mol. The van der Waals surface area contributed by atoms with Gasteiger partial charge in [-0.3, -0.25) is 9.59 Å². The highest BCUT2D eigenvalue weighted by Gasteiger charge is 2.22. The van der Waals surface area contributed by atoms with Gasteiger partial charge in [-0.05, 0) is 18.9 Å². The summed E-state index contributed by atoms with van der Waals surface area (Å²) >= 11 is 1.63. The summed E-state index contributed by atoms with van der Waals surface area (Å²) in [5, 5.41) is 5.99. The summed E-state index contributed by atoms with van der Waals surface area (Å²) in [6.45, 7) is 5.25. The summed E-state index contributed by atoms with van der Waals surface area (Å²) in [6.07, 6.45) is 4.80. The lowest BCUT2D eigenvalue weighted by Crippen LogP contribution is -2.47. The third kappa shape index (κ3) is 4.29. The number of piperidine rings is 1. The van der Waals surface area contributed by atoms with Crippen molar-refractivity contribution in [2.75, 3.05) is 31.6 Å². The molecule has 2 heterocycles. The molecule has 114 valence electrons. The number of thiazole rings is 1. The molecule has 1 aromatic rings. The Morgan fingerprint density at radius 2 is 2.29 bits per heavy atom. The van der Waals surface area contributed by atoms with Crippen LogP contribution >= 0.6 is 11.3 Å². The molecule has 1 aliphatic rings. The van der Waals surface area contributed by atoms with Crippen molar-refractivity contribution in [3.05, 3.63) is 24.2 Å². The lowest BCUT2D eigenvalue weighted by Gasteiger charge is -2.32. The fourth-order valence-electron chi connectivity index (χ4n) is 2.31. The SMILES string of the molecule is C=CC(=O)N(C)CC(=O)NC1CCN(c2nccs2)CC1. The highest BCUT2D eigenvalue weighted by Crippen LogP contribution is 2.21. The number of hydrogen-bond donors (Lipinski definition) is 1. The van der Waals surface area contributed by atoms with Crippen molar-refractivity contribution < 1.29 is 9.59 Å². The maximum atomic E-state index is 11.9. The van der Waals surface area contributed by atoms with Gasteiger partial charge >= 0.3 is 0 Å². The third-order valence-corrected chi connectivity index (χ3v) is 4.31. The standard InChI is InChI=1S/C14H20N4O2S/c1-3-13(20)17(2)10-12(19)16-11-4-7-18(8-5-11)14-15-6-9-21-14/h3,6,9,11H,1,4-5,7-8,10H2,2H3,(H,16,19). The fourth-order valence-corrected chi connectivity index (χ4v) is 3.01. The number of nitrogens with zero attached hydrogens (tertiary/aromatic N) is 3. The van der Waals surface area contributed by atoms with E-state index in [2.05, 4.69) is 21.8 Å². The number of aromatic nitrogens is 1. The quantitative estimate of drug-likeness (QED) is 0.820. The first kappa shape index (κ1) is 15.5. The summed E-state index contributed by atoms with van der Waals surface area (Å²) in [5.41, 5.74) is 0. The number of nitrogens with one attached hydrogen (secondary N) is 1. The summed E-state index contributed by atoms with van der Waals surface area (Å²) in [7, 11) is 1.59. The van der Waals surface area contributed by atoms with E-state index in [1.807, 2.05) is 5.38 Å². The van der Waals surface area contributed by atoms with Crippen LogP contribution in [0.25, 0.3) is 0 Å². The van der Waals surface area contributed by atoms with Crippen molar-refractivity contribution in [1.29, 1.82) is 0 Å². The molecule has 2 rings (SSSR count). The largest absolute Gasteiger partial charge is 0.352 e. The lowest BCUT2D eigenvalue weighted by atomic mass is 10.1. The van der Waals surface area contributed by atoms with Gasteiger partial charge in [0.1, 0.15) is 0 Å². The van der Waals surface area contributed by atoms with E-state index >= 15 is 0 Å². The van der Waals surface area contributed by atoms with E-state index in [0.717, 1.165) is 31.1 Å². The van der Waals surface area contributed by atoms with Crippen molar-refractivity contribution in [3.63, 3.8) is 0 Å². The van der Waals surface area contributed by atoms with E-state index < -0.39 is 0 Å². The van der Waals surface area contributed by atoms with Crippen molar-refractivity contribution in [2.45, 2.75) is 18.9 Å². The van der Waals surface area contributed by atoms with Crippen molar-refractivity contribution >= 4 is 28.3 Å². The van der Waals surface area contributed by atoms with E-state index in [-0.39, 0.29) is 24.4 Å². The van der Waals surface area contributed by atoms with E-state index in [1.54, 1.807) is 24.6 Å². The molecule has 2 amide bonds. The Morgan fingerprint density at radius 3 is 2.86 bits per heavy atom. The number of carbonyl (C=O) groups excluding carboxylic acids is 2. The summed E-state index contributed by atoms with van der Waals surface area (Å²) < 4.78 is 0. The molecular formula is C14H20N4O2S. The predicted octanol–water partition coefficient (Wildman–Crippen LogP) is 0.872. The zero-order valence-corrected chi connectivity index (χ0v) is 12.9. The van der Waals surface area contributed by atoms with Gasteiger partial charge in [-0.1, -0.05) is 6.58 Å². The van der Waals surface area contributed by atoms with Gasteiger partial charge < -0.3 is 15.1 Å². The maximum absolute atomic E-state index is 11.9. The van der Waals surface area contributed by atoms with Crippen LogP contribution in [0.1, 0.15) is 12.8 Å². The number of hydrogen-bond acceptors (Lipinski definition) is 5. The molecule has 1 fully saturated rings. The van der Waals surface area contributed by atoms with Crippen molar-refractivity contribution in [2.24, 2.45) is 0 Å². The molecule has 21 heavy (non-hydrogen) atoms. The maximum Gasteiger partial charge on any atom is 0.246 e. The first-order valence-electron chi connectivity index (χ1n) is 6.91. The van der Waals surface area contributed by atoms with Gasteiger partial charge in [0.05, 0.1) is 6.54 Å². The monoisotopic (exact) mass is 308 g/mol. The first-order valence-corrected chi connectivity index (χ1v) is 7.79. The first-order chi connectivity index (χ1) is 10.1. The number of rotatable bonds is 5. The van der Waals surface area contributed by atoms with Crippen LogP contribution in [0.5, 0.6) is 0 Å². The smallest absolute Gasteiger partial charge is 0.246 e. The number of carbonyl (C=O) groups is 2. The second-order valence-electron chi connectivity index (χ2n) is 5.04. The fraction of sp³-hybridized carbons (Fsp3) is 0.500. The Labute approximate surface area is 128 Å². The van der Waals surface area contributed by atoms with E-state index in [1.165, 1.54) is 11.0 Å². The molecule has 0 atom stereocenters. The Kier molecular flexibility index (Phi) is 5.32. The molecule has 0 radical (unpaired) electrons. The zero-order chi connectivity index (χ0) is 15.2. The van der Waals surface area contributed by atoms with Gasteiger partial charge in [-0.25, -0.2) is 4.98 Å². The second kappa shape index (κ2) is 7.21. The molecule has 1 N–H and O–H groups in total. The van der Waals surface area contributed by atoms with Gasteiger partial charge in [-0.15, -0.1) is 11.3 Å². The van der Waals surface area contributed by atoms with Crippen LogP contribution in [-0.4, -0.2) is 54.4 Å². The molecule has 7 heteroatoms. The Balaban J connectivity index is 1.74. The van der Waals surface area contributed by atoms with E-state index in [9.17, 15) is 9.59 Å². The third-order valence-electron chi connectivity index (χ3n) is 3.48. The molecule has 6 nitrogen and oxygen atoms in total. The van der Waals surface area contributed by atoms with Crippen LogP contribution in [0.3, 0.4) is 0 Å². The highest BCUT2D eigenvalue weighted by molar-refractivity contribution is 7.13. The number of likely N-dealkylation sites (N-methyl/N-ethyl adjacent to an activating group) is 1. The van der Waals surface area contributed by atoms with Crippen LogP contribution in [0.15, 0.2) is 24.2 Å². The highest BCUT2D eigenvalue weighted by atomic mass is 32.1. The van der Waals surface area contributed by atoms with Crippen LogP contribution in [0, 0.1) is 0 Å². The summed E-state index contributed by atoms with van der Waals surface area (Å²) in [4.78, 5) is 31.1. The molecule has 0 spiro atoms. The molecular weight excluding hydrogens is 288 g/mol. The lowest BCUT2D eigenvalue weighted by molar-refractivity contribution is -0.131. The minimum absolute atomic E-state index is 0.0670. The van der Waals surface area contributed by atoms with Crippen LogP contribution < -0.4 is 10.2 Å². The molecule has 1 aromatic heterocycles. The van der Waals surface area contributed by atoms with Gasteiger partial charge in [0.25, 0.3) is 0 Å². The average Bonchev–Trinajstić information content (AvgIpc) is 3.01. The Morgan fingerprint density at radius 1 is 1.57 bits per heavy atom. The van der Waals surface area contributed by atoms with Gasteiger partial charge in [0.15, 0.2) is 5.13 Å². The zero-order valence-electron chi connectivity index (χ0n) is 12.1. The molecule has 1 saturated heterocycles. The van der Waals surface area contributed by atoms with Gasteiger partial charge in [-0.2, -0.15) is 0 Å². The Hall–Kier alpha value is -1.89. The molecule has 1 aliphatic heterocycles. The van der Waals surface area contributed by atoms with E-state index in [4.69, 9.17) is 0 Å². The topological polar surface area (TPSA) is 65.5 Å². The van der Waals surface area contributed by atoms with Crippen molar-refractivity contribution in [3.8, 4) is 0 Å². The van der Waals surface area contributed by atoms with Crippen LogP contribution in [-0.2, 0) is 9.59 Å². The van der Waals surface area contributed by atoms with Crippen molar-refractivity contribution in [1.82, 2.24) is 15.2 Å². The molecule has 0 aromatic carbocycles. The normalized spacial score (nSPS) is 15.6. The molecule has 0 bridgehead atoms. The minimum Gasteiger partial charge on any atom is -0.352 e. The van der Waals surface area contributed by atoms with E-state index in [0.29, 0.717) is 0 Å². The van der Waals surface area contributed by atoms with Gasteiger partial charge in [0.2, 0.25) is 11.8 Å². The number of amides is 2. The molecule has 0 aliphatic carbocycles. The molecule has 0 unspecified atom stereocenters. The second-order valence-corrected chi connectivity index (χ2v) is 5.91. The van der Waals surface area contributed by atoms with Gasteiger partial charge in [0, 0.05) is 37.8 Å². The minimum atomic E-state index is -0.247. The Bertz CT molecular complexity index is 495. The van der Waals surface area contributed by atoms with Crippen LogP contribution in [0.4, 0.5) is 5.13 Å². The number of anilines is 1. The summed E-state index contributed by atoms with van der Waals surface area (Å²) in [5.74, 6) is -0.371. The van der Waals surface area contributed by atoms with Crippen LogP contribution in [0.2, 0.25) is 0 Å². The molecule has 0 saturated carbocycles. The summed E-state index contributed by atoms with van der Waals surface area (Å²) in [6, 6.07) is 0.168.